The minimum absolute atomic E-state index is 0.0763. The topological polar surface area (TPSA) is 121 Å². The van der Waals surface area contributed by atoms with Crippen molar-refractivity contribution < 1.29 is 13.2 Å². The Kier molecular flexibility index (Phi) is 5.97. The Morgan fingerprint density at radius 3 is 2.52 bits per heavy atom. The van der Waals surface area contributed by atoms with Crippen LogP contribution in [0.5, 0.6) is 0 Å². The largest absolute Gasteiger partial charge is 0.360 e. The molecule has 0 saturated carbocycles. The fourth-order valence-electron chi connectivity index (χ4n) is 3.56. The zero-order valence-electron chi connectivity index (χ0n) is 18.0. The number of anilines is 1. The number of amides is 1. The Balaban J connectivity index is 1.64. The average molecular weight is 463 g/mol. The predicted octanol–water partition coefficient (Wildman–Crippen LogP) is 3.27. The first-order valence-electron chi connectivity index (χ1n) is 10.2. The van der Waals surface area contributed by atoms with Gasteiger partial charge < -0.3 is 10.3 Å². The summed E-state index contributed by atoms with van der Waals surface area (Å²) in [5.41, 5.74) is 2.82. The van der Waals surface area contributed by atoms with Gasteiger partial charge in [-0.2, -0.15) is 0 Å². The van der Waals surface area contributed by atoms with E-state index < -0.39 is 21.4 Å². The molecule has 0 fully saturated rings. The number of H-pyrrole nitrogens is 1. The first-order chi connectivity index (χ1) is 15.7. The van der Waals surface area contributed by atoms with Crippen LogP contribution in [-0.4, -0.2) is 24.3 Å². The van der Waals surface area contributed by atoms with E-state index in [1.807, 2.05) is 19.9 Å². The second-order valence-corrected chi connectivity index (χ2v) is 9.45. The van der Waals surface area contributed by atoms with Crippen molar-refractivity contribution in [3.63, 3.8) is 0 Å². The molecular formula is C24H22N4O4S. The zero-order chi connectivity index (χ0) is 23.6. The van der Waals surface area contributed by atoms with Crippen LogP contribution in [0.2, 0.25) is 0 Å². The number of aromatic nitrogens is 2. The third-order valence-electron chi connectivity index (χ3n) is 5.06. The van der Waals surface area contributed by atoms with Gasteiger partial charge in [0.15, 0.2) is 0 Å². The number of hydrogen-bond donors (Lipinski definition) is 3. The Morgan fingerprint density at radius 2 is 1.82 bits per heavy atom. The van der Waals surface area contributed by atoms with E-state index in [2.05, 4.69) is 20.0 Å². The normalized spacial score (nSPS) is 11.3. The van der Waals surface area contributed by atoms with E-state index in [-0.39, 0.29) is 22.4 Å². The summed E-state index contributed by atoms with van der Waals surface area (Å²) in [4.78, 5) is 32.4. The van der Waals surface area contributed by atoms with Crippen molar-refractivity contribution >= 4 is 32.5 Å². The van der Waals surface area contributed by atoms with Crippen LogP contribution < -0.4 is 15.5 Å². The van der Waals surface area contributed by atoms with Crippen molar-refractivity contribution in [2.75, 3.05) is 4.72 Å². The summed E-state index contributed by atoms with van der Waals surface area (Å²) in [5, 5.41) is 2.78. The van der Waals surface area contributed by atoms with Gasteiger partial charge in [0.1, 0.15) is 5.56 Å². The van der Waals surface area contributed by atoms with Gasteiger partial charge in [0.2, 0.25) is 5.43 Å². The SMILES string of the molecule is Cc1cc(C)cc(NS(=O)(=O)c2ccc3[nH]cc(C(=O)NCc4cccnc4)c(=O)c3c2)c1. The number of carbonyl (C=O) groups excluding carboxylic acids is 1. The lowest BCUT2D eigenvalue weighted by molar-refractivity contribution is 0.0949. The second kappa shape index (κ2) is 8.87. The Labute approximate surface area is 190 Å². The molecular weight excluding hydrogens is 440 g/mol. The first kappa shape index (κ1) is 22.2. The van der Waals surface area contributed by atoms with Gasteiger partial charge >= 0.3 is 0 Å². The summed E-state index contributed by atoms with van der Waals surface area (Å²) >= 11 is 0. The number of carbonyl (C=O) groups is 1. The Bertz CT molecular complexity index is 1490. The number of hydrogen-bond acceptors (Lipinski definition) is 5. The van der Waals surface area contributed by atoms with E-state index in [1.54, 1.807) is 36.7 Å². The highest BCUT2D eigenvalue weighted by Gasteiger charge is 2.18. The maximum Gasteiger partial charge on any atom is 0.261 e. The summed E-state index contributed by atoms with van der Waals surface area (Å²) in [6.45, 7) is 3.96. The summed E-state index contributed by atoms with van der Waals surface area (Å²) in [6.07, 6.45) is 4.57. The van der Waals surface area contributed by atoms with Crippen LogP contribution in [0, 0.1) is 13.8 Å². The summed E-state index contributed by atoms with van der Waals surface area (Å²) < 4.78 is 28.4. The zero-order valence-corrected chi connectivity index (χ0v) is 18.9. The molecule has 2 aromatic heterocycles. The molecule has 0 aliphatic heterocycles. The van der Waals surface area contributed by atoms with E-state index in [1.165, 1.54) is 24.4 Å². The number of fused-ring (bicyclic) bond motifs is 1. The van der Waals surface area contributed by atoms with Crippen molar-refractivity contribution in [2.45, 2.75) is 25.3 Å². The minimum atomic E-state index is -3.94. The van der Waals surface area contributed by atoms with Gasteiger partial charge in [-0.3, -0.25) is 19.3 Å². The number of aromatic amines is 1. The molecule has 33 heavy (non-hydrogen) atoms. The van der Waals surface area contributed by atoms with Crippen molar-refractivity contribution in [1.29, 1.82) is 0 Å². The van der Waals surface area contributed by atoms with Crippen LogP contribution in [0.4, 0.5) is 5.69 Å². The monoisotopic (exact) mass is 462 g/mol. The molecule has 3 N–H and O–H groups in total. The fraction of sp³-hybridized carbons (Fsp3) is 0.125. The number of nitrogens with zero attached hydrogens (tertiary/aromatic N) is 1. The Morgan fingerprint density at radius 1 is 1.06 bits per heavy atom. The average Bonchev–Trinajstić information content (AvgIpc) is 2.77. The lowest BCUT2D eigenvalue weighted by Gasteiger charge is -2.11. The van der Waals surface area contributed by atoms with Crippen LogP contribution >= 0.6 is 0 Å². The summed E-state index contributed by atoms with van der Waals surface area (Å²) in [5.74, 6) is -0.566. The van der Waals surface area contributed by atoms with Crippen molar-refractivity contribution in [3.05, 3.63) is 99.6 Å². The van der Waals surface area contributed by atoms with Crippen molar-refractivity contribution in [2.24, 2.45) is 0 Å². The number of pyridine rings is 2. The minimum Gasteiger partial charge on any atom is -0.360 e. The van der Waals surface area contributed by atoms with Crippen LogP contribution in [0.25, 0.3) is 10.9 Å². The highest BCUT2D eigenvalue weighted by Crippen LogP contribution is 2.21. The first-order valence-corrected chi connectivity index (χ1v) is 11.6. The molecule has 0 aliphatic carbocycles. The van der Waals surface area contributed by atoms with Gasteiger partial charge in [-0.25, -0.2) is 8.42 Å². The van der Waals surface area contributed by atoms with E-state index in [9.17, 15) is 18.0 Å². The van der Waals surface area contributed by atoms with E-state index >= 15 is 0 Å². The van der Waals surface area contributed by atoms with E-state index in [0.717, 1.165) is 16.7 Å². The maximum absolute atomic E-state index is 13.0. The molecule has 0 spiro atoms. The van der Waals surface area contributed by atoms with E-state index in [0.29, 0.717) is 11.2 Å². The molecule has 2 aromatic carbocycles. The van der Waals surface area contributed by atoms with E-state index in [4.69, 9.17) is 0 Å². The number of nitrogens with one attached hydrogen (secondary N) is 3. The third kappa shape index (κ3) is 4.93. The van der Waals surface area contributed by atoms with Crippen LogP contribution in [-0.2, 0) is 16.6 Å². The molecule has 4 rings (SSSR count). The molecule has 0 aliphatic rings. The van der Waals surface area contributed by atoms with Gasteiger partial charge in [-0.05, 0) is 66.9 Å². The molecule has 4 aromatic rings. The Hall–Kier alpha value is -3.98. The van der Waals surface area contributed by atoms with Crippen molar-refractivity contribution in [1.82, 2.24) is 15.3 Å². The van der Waals surface area contributed by atoms with Crippen molar-refractivity contribution in [3.8, 4) is 0 Å². The highest BCUT2D eigenvalue weighted by molar-refractivity contribution is 7.92. The smallest absolute Gasteiger partial charge is 0.261 e. The summed E-state index contributed by atoms with van der Waals surface area (Å²) in [7, 11) is -3.94. The molecule has 0 unspecified atom stereocenters. The predicted molar refractivity (Wildman–Crippen MR) is 127 cm³/mol. The molecule has 0 radical (unpaired) electrons. The molecule has 9 heteroatoms. The molecule has 168 valence electrons. The highest BCUT2D eigenvalue weighted by atomic mass is 32.2. The van der Waals surface area contributed by atoms with Gasteiger partial charge in [-0.15, -0.1) is 0 Å². The van der Waals surface area contributed by atoms with Crippen LogP contribution in [0.1, 0.15) is 27.0 Å². The number of sulfonamides is 1. The molecule has 0 atom stereocenters. The lowest BCUT2D eigenvalue weighted by atomic mass is 10.1. The molecule has 0 saturated heterocycles. The van der Waals surface area contributed by atoms with Gasteiger partial charge in [0.05, 0.1) is 4.90 Å². The molecule has 8 nitrogen and oxygen atoms in total. The molecule has 1 amide bonds. The number of aryl methyl sites for hydroxylation is 2. The molecule has 0 bridgehead atoms. The lowest BCUT2D eigenvalue weighted by Crippen LogP contribution is -2.28. The van der Waals surface area contributed by atoms with Gasteiger partial charge in [0.25, 0.3) is 15.9 Å². The van der Waals surface area contributed by atoms with Crippen LogP contribution in [0.15, 0.2) is 76.8 Å². The fourth-order valence-corrected chi connectivity index (χ4v) is 4.63. The quantitative estimate of drug-likeness (QED) is 0.406. The molecule has 2 heterocycles. The van der Waals surface area contributed by atoms with Gasteiger partial charge in [0, 0.05) is 41.7 Å². The standard InChI is InChI=1S/C24H22N4O4S/c1-15-8-16(2)10-18(9-15)28-33(31,32)19-5-6-22-20(11-19)23(29)21(14-26-22)24(30)27-13-17-4-3-7-25-12-17/h3-12,14,28H,13H2,1-2H3,(H,26,29)(H,27,30). The number of rotatable bonds is 6. The third-order valence-corrected chi connectivity index (χ3v) is 6.44. The van der Waals surface area contributed by atoms with Gasteiger partial charge in [-0.1, -0.05) is 12.1 Å². The van der Waals surface area contributed by atoms with Crippen LogP contribution in [0.3, 0.4) is 0 Å². The second-order valence-electron chi connectivity index (χ2n) is 7.76. The summed E-state index contributed by atoms with van der Waals surface area (Å²) in [6, 6.07) is 13.1. The maximum atomic E-state index is 13.0. The number of benzene rings is 2.